The number of halogens is 2. The van der Waals surface area contributed by atoms with E-state index in [2.05, 4.69) is 10.3 Å². The van der Waals surface area contributed by atoms with Gasteiger partial charge in [0.25, 0.3) is 0 Å². The Balaban J connectivity index is 1.63. The maximum atomic E-state index is 13.6. The third kappa shape index (κ3) is 5.23. The van der Waals surface area contributed by atoms with Crippen LogP contribution in [0.3, 0.4) is 0 Å². The molecule has 0 radical (unpaired) electrons. The molecule has 3 rings (SSSR count). The maximum absolute atomic E-state index is 13.6. The van der Waals surface area contributed by atoms with E-state index in [9.17, 15) is 13.6 Å². The Kier molecular flexibility index (Phi) is 6.11. The minimum Gasteiger partial charge on any atom is -0.439 e. The van der Waals surface area contributed by atoms with E-state index in [1.807, 2.05) is 31.2 Å². The van der Waals surface area contributed by atoms with Crippen molar-refractivity contribution >= 4 is 12.0 Å². The highest BCUT2D eigenvalue weighted by atomic mass is 19.1. The summed E-state index contributed by atoms with van der Waals surface area (Å²) in [5.74, 6) is -0.717. The number of nitrogens with one attached hydrogen (secondary N) is 1. The monoisotopic (exact) mass is 380 g/mol. The average molecular weight is 380 g/mol. The van der Waals surface area contributed by atoms with Crippen LogP contribution in [0.1, 0.15) is 24.1 Å². The summed E-state index contributed by atoms with van der Waals surface area (Å²) in [5, 5.41) is 2.79. The van der Waals surface area contributed by atoms with E-state index in [0.717, 1.165) is 17.7 Å². The lowest BCUT2D eigenvalue weighted by molar-refractivity contribution is -0.117. The first kappa shape index (κ1) is 19.2. The maximum Gasteiger partial charge on any atom is 0.244 e. The first-order valence-electron chi connectivity index (χ1n) is 8.64. The molecule has 0 spiro atoms. The Morgan fingerprint density at radius 1 is 1.11 bits per heavy atom. The topological polar surface area (TPSA) is 51.2 Å². The van der Waals surface area contributed by atoms with Crippen molar-refractivity contribution in [3.63, 3.8) is 0 Å². The fraction of sp³-hybridized carbons (Fsp3) is 0.0909. The summed E-state index contributed by atoms with van der Waals surface area (Å²) >= 11 is 0. The van der Waals surface area contributed by atoms with Crippen molar-refractivity contribution in [2.45, 2.75) is 13.0 Å². The lowest BCUT2D eigenvalue weighted by Gasteiger charge is -2.14. The predicted molar refractivity (Wildman–Crippen MR) is 103 cm³/mol. The third-order valence-corrected chi connectivity index (χ3v) is 3.95. The van der Waals surface area contributed by atoms with Crippen LogP contribution < -0.4 is 10.1 Å². The molecule has 1 heterocycles. The first-order chi connectivity index (χ1) is 13.5. The lowest BCUT2D eigenvalue weighted by Crippen LogP contribution is -2.24. The molecule has 28 heavy (non-hydrogen) atoms. The second kappa shape index (κ2) is 8.90. The average Bonchev–Trinajstić information content (AvgIpc) is 2.68. The van der Waals surface area contributed by atoms with Crippen molar-refractivity contribution in [1.82, 2.24) is 10.3 Å². The van der Waals surface area contributed by atoms with Crippen LogP contribution in [-0.4, -0.2) is 10.9 Å². The second-order valence-electron chi connectivity index (χ2n) is 6.07. The van der Waals surface area contributed by atoms with E-state index in [4.69, 9.17) is 4.74 Å². The van der Waals surface area contributed by atoms with E-state index >= 15 is 0 Å². The van der Waals surface area contributed by atoms with Gasteiger partial charge in [-0.1, -0.05) is 18.2 Å². The van der Waals surface area contributed by atoms with Crippen molar-refractivity contribution in [3.8, 4) is 11.6 Å². The van der Waals surface area contributed by atoms with Gasteiger partial charge < -0.3 is 10.1 Å². The van der Waals surface area contributed by atoms with E-state index in [0.29, 0.717) is 11.6 Å². The summed E-state index contributed by atoms with van der Waals surface area (Å²) in [6.45, 7) is 1.82. The molecule has 4 nitrogen and oxygen atoms in total. The van der Waals surface area contributed by atoms with E-state index in [1.54, 1.807) is 24.4 Å². The summed E-state index contributed by atoms with van der Waals surface area (Å²) in [6.07, 6.45) is 4.15. The summed E-state index contributed by atoms with van der Waals surface area (Å²) in [6, 6.07) is 15.5. The normalized spacial score (nSPS) is 12.0. The highest BCUT2D eigenvalue weighted by Gasteiger charge is 2.09. The van der Waals surface area contributed by atoms with Gasteiger partial charge in [-0.3, -0.25) is 4.79 Å². The van der Waals surface area contributed by atoms with E-state index in [1.165, 1.54) is 18.2 Å². The van der Waals surface area contributed by atoms with Crippen LogP contribution in [-0.2, 0) is 4.79 Å². The van der Waals surface area contributed by atoms with Crippen LogP contribution in [0.15, 0.2) is 72.9 Å². The largest absolute Gasteiger partial charge is 0.439 e. The Hall–Kier alpha value is -3.54. The van der Waals surface area contributed by atoms with Gasteiger partial charge in [0.15, 0.2) is 0 Å². The number of carbonyl (C=O) groups excluding carboxylic acids is 1. The molecule has 6 heteroatoms. The molecule has 0 saturated carbocycles. The number of benzene rings is 2. The SMILES string of the molecule is C[C@H](NC(=O)C=Cc1ccc(F)cc1F)c1cccc(Oc2ccccn2)c1. The zero-order valence-electron chi connectivity index (χ0n) is 15.1. The van der Waals surface area contributed by atoms with Crippen LogP contribution in [0.25, 0.3) is 6.08 Å². The molecule has 1 N–H and O–H groups in total. The highest BCUT2D eigenvalue weighted by Crippen LogP contribution is 2.23. The summed E-state index contributed by atoms with van der Waals surface area (Å²) in [7, 11) is 0. The van der Waals surface area contributed by atoms with Crippen LogP contribution >= 0.6 is 0 Å². The minimum absolute atomic E-state index is 0.134. The predicted octanol–water partition coefficient (Wildman–Crippen LogP) is 5.04. The molecule has 3 aromatic rings. The molecule has 0 bridgehead atoms. The zero-order chi connectivity index (χ0) is 19.9. The molecule has 0 unspecified atom stereocenters. The highest BCUT2D eigenvalue weighted by molar-refractivity contribution is 5.92. The lowest BCUT2D eigenvalue weighted by atomic mass is 10.1. The molecule has 0 fully saturated rings. The second-order valence-corrected chi connectivity index (χ2v) is 6.07. The molecule has 1 aromatic heterocycles. The summed E-state index contributed by atoms with van der Waals surface area (Å²) in [5.41, 5.74) is 0.970. The van der Waals surface area contributed by atoms with Gasteiger partial charge in [0.05, 0.1) is 6.04 Å². The Bertz CT molecular complexity index is 991. The molecular formula is C22H18F2N2O2. The van der Waals surface area contributed by atoms with E-state index in [-0.39, 0.29) is 11.6 Å². The van der Waals surface area contributed by atoms with Crippen LogP contribution in [0.2, 0.25) is 0 Å². The molecule has 0 aliphatic heterocycles. The van der Waals surface area contributed by atoms with Gasteiger partial charge in [-0.05, 0) is 48.9 Å². The molecule has 0 aliphatic rings. The van der Waals surface area contributed by atoms with Crippen molar-refractivity contribution in [2.75, 3.05) is 0 Å². The Morgan fingerprint density at radius 3 is 2.71 bits per heavy atom. The molecule has 0 aliphatic carbocycles. The Morgan fingerprint density at radius 2 is 1.96 bits per heavy atom. The number of ether oxygens (including phenoxy) is 1. The van der Waals surface area contributed by atoms with Crippen LogP contribution in [0.4, 0.5) is 8.78 Å². The summed E-state index contributed by atoms with van der Waals surface area (Å²) < 4.78 is 32.2. The number of aromatic nitrogens is 1. The fourth-order valence-corrected chi connectivity index (χ4v) is 2.52. The van der Waals surface area contributed by atoms with Crippen molar-refractivity contribution in [3.05, 3.63) is 95.7 Å². The van der Waals surface area contributed by atoms with Crippen molar-refractivity contribution in [1.29, 1.82) is 0 Å². The number of amides is 1. The van der Waals surface area contributed by atoms with Crippen LogP contribution in [0, 0.1) is 11.6 Å². The smallest absolute Gasteiger partial charge is 0.244 e. The van der Waals surface area contributed by atoms with Crippen molar-refractivity contribution < 1.29 is 18.3 Å². The molecule has 142 valence electrons. The first-order valence-corrected chi connectivity index (χ1v) is 8.64. The summed E-state index contributed by atoms with van der Waals surface area (Å²) in [4.78, 5) is 16.2. The molecule has 1 atom stereocenters. The molecule has 0 saturated heterocycles. The zero-order valence-corrected chi connectivity index (χ0v) is 15.1. The van der Waals surface area contributed by atoms with Gasteiger partial charge in [0, 0.05) is 30.0 Å². The van der Waals surface area contributed by atoms with Crippen molar-refractivity contribution in [2.24, 2.45) is 0 Å². The van der Waals surface area contributed by atoms with Gasteiger partial charge in [0.2, 0.25) is 11.8 Å². The van der Waals surface area contributed by atoms with Gasteiger partial charge in [-0.25, -0.2) is 13.8 Å². The minimum atomic E-state index is -0.725. The molecule has 1 amide bonds. The van der Waals surface area contributed by atoms with Gasteiger partial charge in [-0.15, -0.1) is 0 Å². The number of carbonyl (C=O) groups is 1. The van der Waals surface area contributed by atoms with Gasteiger partial charge in [0.1, 0.15) is 17.4 Å². The Labute approximate surface area is 161 Å². The van der Waals surface area contributed by atoms with Crippen LogP contribution in [0.5, 0.6) is 11.6 Å². The fourth-order valence-electron chi connectivity index (χ4n) is 2.52. The third-order valence-electron chi connectivity index (χ3n) is 3.95. The number of pyridine rings is 1. The molecular weight excluding hydrogens is 362 g/mol. The van der Waals surface area contributed by atoms with Gasteiger partial charge in [-0.2, -0.15) is 0 Å². The standard InChI is InChI=1S/C22H18F2N2O2/c1-15(26-21(27)11-9-16-8-10-18(23)14-20(16)24)17-5-4-6-19(13-17)28-22-7-2-3-12-25-22/h2-15H,1H3,(H,26,27)/t15-/m0/s1. The quantitative estimate of drug-likeness (QED) is 0.610. The van der Waals surface area contributed by atoms with Gasteiger partial charge >= 0.3 is 0 Å². The molecule has 2 aromatic carbocycles. The number of hydrogen-bond acceptors (Lipinski definition) is 3. The number of rotatable bonds is 6. The van der Waals surface area contributed by atoms with E-state index < -0.39 is 17.5 Å². The number of nitrogens with zero attached hydrogens (tertiary/aromatic N) is 1. The number of hydrogen-bond donors (Lipinski definition) is 1.